The highest BCUT2D eigenvalue weighted by atomic mass is 35.5. The zero-order chi connectivity index (χ0) is 14.9. The molecule has 2 rings (SSSR count). The number of hydrogen-bond acceptors (Lipinski definition) is 4. The van der Waals surface area contributed by atoms with Crippen molar-refractivity contribution >= 4 is 23.5 Å². The summed E-state index contributed by atoms with van der Waals surface area (Å²) in [5.74, 6) is -2.26. The van der Waals surface area contributed by atoms with Crippen LogP contribution in [0.2, 0.25) is 5.02 Å². The Morgan fingerprint density at radius 3 is 2.70 bits per heavy atom. The Labute approximate surface area is 121 Å². The Kier molecular flexibility index (Phi) is 3.90. The highest BCUT2D eigenvalue weighted by Gasteiger charge is 2.64. The molecule has 0 spiro atoms. The van der Waals surface area contributed by atoms with E-state index in [0.717, 1.165) is 0 Å². The van der Waals surface area contributed by atoms with Crippen LogP contribution in [-0.4, -0.2) is 28.8 Å². The van der Waals surface area contributed by atoms with E-state index in [-0.39, 0.29) is 30.2 Å². The summed E-state index contributed by atoms with van der Waals surface area (Å²) >= 11 is 5.82. The maximum atomic E-state index is 12.0. The number of hydrogen-bond donors (Lipinski definition) is 2. The van der Waals surface area contributed by atoms with Gasteiger partial charge in [-0.25, -0.2) is 0 Å². The van der Waals surface area contributed by atoms with E-state index in [1.54, 1.807) is 13.0 Å². The van der Waals surface area contributed by atoms with Gasteiger partial charge < -0.3 is 14.9 Å². The van der Waals surface area contributed by atoms with Crippen LogP contribution in [0, 0.1) is 11.3 Å². The van der Waals surface area contributed by atoms with Crippen molar-refractivity contribution in [1.29, 1.82) is 0 Å². The van der Waals surface area contributed by atoms with Gasteiger partial charge in [0.25, 0.3) is 0 Å². The lowest BCUT2D eigenvalue weighted by Crippen LogP contribution is -2.26. The van der Waals surface area contributed by atoms with E-state index in [4.69, 9.17) is 21.4 Å². The Bertz CT molecular complexity index is 556. The fourth-order valence-corrected chi connectivity index (χ4v) is 2.62. The number of esters is 1. The van der Waals surface area contributed by atoms with Crippen LogP contribution in [-0.2, 0) is 20.7 Å². The maximum absolute atomic E-state index is 12.0. The summed E-state index contributed by atoms with van der Waals surface area (Å²) < 4.78 is 4.99. The fraction of sp³-hybridized carbons (Fsp3) is 0.429. The van der Waals surface area contributed by atoms with E-state index in [2.05, 4.69) is 0 Å². The van der Waals surface area contributed by atoms with Crippen molar-refractivity contribution in [3.63, 3.8) is 0 Å². The number of phenolic OH excluding ortho intramolecular Hbond substituents is 1. The molecule has 0 radical (unpaired) electrons. The molecular weight excluding hydrogens is 284 g/mol. The number of benzene rings is 1. The number of carboxylic acid groups (broad SMARTS) is 1. The van der Waals surface area contributed by atoms with E-state index in [0.29, 0.717) is 5.56 Å². The second kappa shape index (κ2) is 5.32. The average molecular weight is 299 g/mol. The van der Waals surface area contributed by atoms with Gasteiger partial charge in [0, 0.05) is 0 Å². The van der Waals surface area contributed by atoms with E-state index >= 15 is 0 Å². The highest BCUT2D eigenvalue weighted by molar-refractivity contribution is 6.32. The fourth-order valence-electron chi connectivity index (χ4n) is 2.42. The quantitative estimate of drug-likeness (QED) is 0.815. The molecule has 2 N–H and O–H groups in total. The normalized spacial score (nSPS) is 24.2. The molecule has 20 heavy (non-hydrogen) atoms. The minimum absolute atomic E-state index is 0.0498. The SMILES string of the molecule is CCOC(=O)[C@@]1(Cc2ccc(O)c(Cl)c2)CC1C(=O)O. The average Bonchev–Trinajstić information content (AvgIpc) is 3.10. The number of halogens is 1. The molecule has 2 atom stereocenters. The van der Waals surface area contributed by atoms with Gasteiger partial charge in [-0.3, -0.25) is 9.59 Å². The zero-order valence-corrected chi connectivity index (χ0v) is 11.7. The highest BCUT2D eigenvalue weighted by Crippen LogP contribution is 2.56. The second-order valence-corrected chi connectivity index (χ2v) is 5.34. The second-order valence-electron chi connectivity index (χ2n) is 4.93. The van der Waals surface area contributed by atoms with Crippen molar-refractivity contribution in [2.45, 2.75) is 19.8 Å². The number of rotatable bonds is 5. The summed E-state index contributed by atoms with van der Waals surface area (Å²) in [6, 6.07) is 4.59. The Morgan fingerprint density at radius 2 is 2.20 bits per heavy atom. The predicted octanol–water partition coefficient (Wildman–Crippen LogP) is 2.24. The molecule has 1 aromatic carbocycles. The zero-order valence-electron chi connectivity index (χ0n) is 10.9. The van der Waals surface area contributed by atoms with Crippen molar-refractivity contribution in [1.82, 2.24) is 0 Å². The van der Waals surface area contributed by atoms with Gasteiger partial charge in [0.1, 0.15) is 5.75 Å². The van der Waals surface area contributed by atoms with Gasteiger partial charge in [0.15, 0.2) is 0 Å². The molecular formula is C14H15ClO5. The van der Waals surface area contributed by atoms with Crippen LogP contribution in [0.15, 0.2) is 18.2 Å². The van der Waals surface area contributed by atoms with Crippen LogP contribution in [0.1, 0.15) is 18.9 Å². The summed E-state index contributed by atoms with van der Waals surface area (Å²) in [6.07, 6.45) is 0.502. The number of aliphatic carboxylic acids is 1. The molecule has 0 amide bonds. The Morgan fingerprint density at radius 1 is 1.50 bits per heavy atom. The predicted molar refractivity (Wildman–Crippen MR) is 71.6 cm³/mol. The third-order valence-electron chi connectivity index (χ3n) is 3.59. The van der Waals surface area contributed by atoms with E-state index in [1.807, 2.05) is 0 Å². The van der Waals surface area contributed by atoms with Crippen LogP contribution >= 0.6 is 11.6 Å². The topological polar surface area (TPSA) is 83.8 Å². The lowest BCUT2D eigenvalue weighted by Gasteiger charge is -2.15. The first-order valence-corrected chi connectivity index (χ1v) is 6.66. The lowest BCUT2D eigenvalue weighted by molar-refractivity contribution is -0.153. The van der Waals surface area contributed by atoms with Gasteiger partial charge in [0.2, 0.25) is 0 Å². The summed E-state index contributed by atoms with van der Waals surface area (Å²) in [6.45, 7) is 1.89. The number of carbonyl (C=O) groups excluding carboxylic acids is 1. The number of phenols is 1. The van der Waals surface area contributed by atoms with Gasteiger partial charge >= 0.3 is 11.9 Å². The largest absolute Gasteiger partial charge is 0.506 e. The van der Waals surface area contributed by atoms with Gasteiger partial charge in [0.05, 0.1) is 23.0 Å². The molecule has 1 aliphatic rings. The monoisotopic (exact) mass is 298 g/mol. The molecule has 0 aliphatic heterocycles. The molecule has 108 valence electrons. The van der Waals surface area contributed by atoms with Gasteiger partial charge in [-0.1, -0.05) is 17.7 Å². The number of carbonyl (C=O) groups is 2. The summed E-state index contributed by atoms with van der Waals surface area (Å²) in [7, 11) is 0. The maximum Gasteiger partial charge on any atom is 0.313 e. The van der Waals surface area contributed by atoms with Crippen LogP contribution in [0.4, 0.5) is 0 Å². The van der Waals surface area contributed by atoms with E-state index < -0.39 is 23.3 Å². The molecule has 0 aromatic heterocycles. The van der Waals surface area contributed by atoms with Gasteiger partial charge in [-0.2, -0.15) is 0 Å². The molecule has 0 saturated heterocycles. The summed E-state index contributed by atoms with van der Waals surface area (Å²) in [4.78, 5) is 23.2. The molecule has 1 aliphatic carbocycles. The minimum Gasteiger partial charge on any atom is -0.506 e. The number of carboxylic acids is 1. The molecule has 0 heterocycles. The standard InChI is InChI=1S/C14H15ClO5/c1-2-20-13(19)14(7-9(14)12(17)18)6-8-3-4-11(16)10(15)5-8/h3-5,9,16H,2,6-7H2,1H3,(H,17,18)/t9?,14-/m0/s1. The number of aromatic hydroxyl groups is 1. The first-order chi connectivity index (χ1) is 9.40. The van der Waals surface area contributed by atoms with Crippen molar-refractivity contribution in [2.75, 3.05) is 6.61 Å². The van der Waals surface area contributed by atoms with Crippen LogP contribution in [0.5, 0.6) is 5.75 Å². The van der Waals surface area contributed by atoms with E-state index in [9.17, 15) is 14.7 Å². The van der Waals surface area contributed by atoms with E-state index in [1.165, 1.54) is 12.1 Å². The molecule has 0 bridgehead atoms. The molecule has 1 aromatic rings. The molecule has 1 fully saturated rings. The lowest BCUT2D eigenvalue weighted by atomic mass is 9.93. The molecule has 6 heteroatoms. The van der Waals surface area contributed by atoms with Crippen LogP contribution < -0.4 is 0 Å². The van der Waals surface area contributed by atoms with Crippen molar-refractivity contribution in [3.05, 3.63) is 28.8 Å². The minimum atomic E-state index is -1.01. The first-order valence-electron chi connectivity index (χ1n) is 6.28. The summed E-state index contributed by atoms with van der Waals surface area (Å²) in [5.41, 5.74) is -0.313. The smallest absolute Gasteiger partial charge is 0.313 e. The van der Waals surface area contributed by atoms with Crippen LogP contribution in [0.25, 0.3) is 0 Å². The number of ether oxygens (including phenoxy) is 1. The van der Waals surface area contributed by atoms with Crippen LogP contribution in [0.3, 0.4) is 0 Å². The third kappa shape index (κ3) is 2.58. The van der Waals surface area contributed by atoms with Gasteiger partial charge in [-0.15, -0.1) is 0 Å². The molecule has 1 saturated carbocycles. The first kappa shape index (κ1) is 14.7. The third-order valence-corrected chi connectivity index (χ3v) is 3.89. The Hall–Kier alpha value is -1.75. The molecule has 5 nitrogen and oxygen atoms in total. The summed E-state index contributed by atoms with van der Waals surface area (Å²) in [5, 5.41) is 18.7. The van der Waals surface area contributed by atoms with Crippen molar-refractivity contribution < 1.29 is 24.5 Å². The van der Waals surface area contributed by atoms with Crippen molar-refractivity contribution in [3.8, 4) is 5.75 Å². The molecule has 1 unspecified atom stereocenters. The Balaban J connectivity index is 2.23. The van der Waals surface area contributed by atoms with Gasteiger partial charge in [-0.05, 0) is 37.5 Å². The van der Waals surface area contributed by atoms with Crippen molar-refractivity contribution in [2.24, 2.45) is 11.3 Å².